The van der Waals surface area contributed by atoms with Gasteiger partial charge in [0.1, 0.15) is 5.01 Å². The fraction of sp³-hybridized carbons (Fsp3) is 0.158. The zero-order valence-corrected chi connectivity index (χ0v) is 15.0. The number of para-hydroxylation sites is 3. The van der Waals surface area contributed by atoms with Crippen LogP contribution in [-0.2, 0) is 13.0 Å². The molecule has 0 fully saturated rings. The van der Waals surface area contributed by atoms with E-state index in [1.807, 2.05) is 42.5 Å². The Morgan fingerprint density at radius 1 is 1.08 bits per heavy atom. The van der Waals surface area contributed by atoms with Crippen molar-refractivity contribution in [2.24, 2.45) is 0 Å². The Labute approximate surface area is 154 Å². The fourth-order valence-corrected chi connectivity index (χ4v) is 3.59. The van der Waals surface area contributed by atoms with Gasteiger partial charge in [0.25, 0.3) is 5.56 Å². The summed E-state index contributed by atoms with van der Waals surface area (Å²) in [7, 11) is 0. The molecule has 2 aromatic carbocycles. The van der Waals surface area contributed by atoms with Crippen molar-refractivity contribution >= 4 is 33.2 Å². The monoisotopic (exact) mass is 363 g/mol. The minimum atomic E-state index is -0.148. The average molecular weight is 363 g/mol. The summed E-state index contributed by atoms with van der Waals surface area (Å²) in [4.78, 5) is 16.4. The number of nitrogens with zero attached hydrogens (tertiary/aromatic N) is 4. The number of aromatic nitrogens is 4. The van der Waals surface area contributed by atoms with E-state index in [1.165, 1.54) is 23.1 Å². The van der Waals surface area contributed by atoms with Gasteiger partial charge in [-0.25, -0.2) is 4.98 Å². The maximum atomic E-state index is 12.3. The summed E-state index contributed by atoms with van der Waals surface area (Å²) in [6.45, 7) is 2.49. The Balaban J connectivity index is 1.62. The van der Waals surface area contributed by atoms with E-state index in [-0.39, 0.29) is 5.56 Å². The summed E-state index contributed by atoms with van der Waals surface area (Å²) in [6, 6.07) is 15.7. The van der Waals surface area contributed by atoms with Gasteiger partial charge >= 0.3 is 0 Å². The molecular formula is C19H17N5OS. The third-order valence-electron chi connectivity index (χ3n) is 4.15. The molecule has 4 aromatic rings. The number of benzene rings is 2. The minimum absolute atomic E-state index is 0.148. The van der Waals surface area contributed by atoms with Crippen molar-refractivity contribution in [3.05, 3.63) is 75.7 Å². The normalized spacial score (nSPS) is 11.0. The topological polar surface area (TPSA) is 72.7 Å². The molecule has 2 heterocycles. The lowest BCUT2D eigenvalue weighted by Gasteiger charge is -2.07. The van der Waals surface area contributed by atoms with Gasteiger partial charge in [-0.1, -0.05) is 48.6 Å². The highest BCUT2D eigenvalue weighted by molar-refractivity contribution is 7.15. The van der Waals surface area contributed by atoms with Crippen LogP contribution in [0.2, 0.25) is 0 Å². The molecule has 0 bridgehead atoms. The van der Waals surface area contributed by atoms with Crippen molar-refractivity contribution in [2.75, 3.05) is 5.32 Å². The van der Waals surface area contributed by atoms with Gasteiger partial charge in [-0.05, 0) is 30.2 Å². The zero-order chi connectivity index (χ0) is 17.9. The predicted octanol–water partition coefficient (Wildman–Crippen LogP) is 3.60. The van der Waals surface area contributed by atoms with E-state index in [2.05, 4.69) is 33.5 Å². The van der Waals surface area contributed by atoms with Crippen LogP contribution >= 0.6 is 11.3 Å². The number of rotatable bonds is 5. The van der Waals surface area contributed by atoms with Crippen LogP contribution < -0.4 is 10.9 Å². The van der Waals surface area contributed by atoms with Gasteiger partial charge in [0, 0.05) is 5.69 Å². The molecular weight excluding hydrogens is 346 g/mol. The summed E-state index contributed by atoms with van der Waals surface area (Å²) >= 11 is 1.45. The predicted molar refractivity (Wildman–Crippen MR) is 104 cm³/mol. The highest BCUT2D eigenvalue weighted by Crippen LogP contribution is 2.24. The van der Waals surface area contributed by atoms with Crippen LogP contribution in [0.3, 0.4) is 0 Å². The molecule has 6 nitrogen and oxygen atoms in total. The first kappa shape index (κ1) is 16.4. The number of hydrogen-bond donors (Lipinski definition) is 1. The SMILES string of the molecule is CCc1ccccc1Nc1nnc(Cn2c(=O)cnc3ccccc32)s1. The number of aryl methyl sites for hydroxylation is 1. The van der Waals surface area contributed by atoms with Crippen LogP contribution in [0.5, 0.6) is 0 Å². The first-order valence-electron chi connectivity index (χ1n) is 8.36. The van der Waals surface area contributed by atoms with Gasteiger partial charge in [0.15, 0.2) is 0 Å². The lowest BCUT2D eigenvalue weighted by Crippen LogP contribution is -2.20. The number of anilines is 2. The molecule has 0 radical (unpaired) electrons. The van der Waals surface area contributed by atoms with Crippen LogP contribution in [0.25, 0.3) is 11.0 Å². The van der Waals surface area contributed by atoms with Gasteiger partial charge in [-0.2, -0.15) is 0 Å². The summed E-state index contributed by atoms with van der Waals surface area (Å²) in [5.74, 6) is 0. The van der Waals surface area contributed by atoms with Crippen molar-refractivity contribution in [3.8, 4) is 0 Å². The smallest absolute Gasteiger partial charge is 0.269 e. The molecule has 4 rings (SSSR count). The van der Waals surface area contributed by atoms with Crippen molar-refractivity contribution in [3.63, 3.8) is 0 Å². The Morgan fingerprint density at radius 3 is 2.77 bits per heavy atom. The highest BCUT2D eigenvalue weighted by atomic mass is 32.1. The lowest BCUT2D eigenvalue weighted by atomic mass is 10.1. The Hall–Kier alpha value is -3.06. The standard InChI is InChI=1S/C19H17N5OS/c1-2-13-7-3-4-8-14(13)21-19-23-22-17(26-19)12-24-16-10-6-5-9-15(16)20-11-18(24)25/h3-11H,2,12H2,1H3,(H,21,23). The van der Waals surface area contributed by atoms with Crippen molar-refractivity contribution in [2.45, 2.75) is 19.9 Å². The highest BCUT2D eigenvalue weighted by Gasteiger charge is 2.10. The zero-order valence-electron chi connectivity index (χ0n) is 14.2. The molecule has 1 N–H and O–H groups in total. The largest absolute Gasteiger partial charge is 0.330 e. The van der Waals surface area contributed by atoms with Crippen LogP contribution in [0.15, 0.2) is 59.5 Å². The van der Waals surface area contributed by atoms with E-state index < -0.39 is 0 Å². The molecule has 0 saturated heterocycles. The van der Waals surface area contributed by atoms with E-state index in [1.54, 1.807) is 4.57 Å². The number of hydrogen-bond acceptors (Lipinski definition) is 6. The Bertz CT molecular complexity index is 1120. The van der Waals surface area contributed by atoms with Gasteiger partial charge < -0.3 is 5.32 Å². The molecule has 0 saturated carbocycles. The van der Waals surface area contributed by atoms with Crippen LogP contribution in [0.4, 0.5) is 10.8 Å². The third-order valence-corrected chi connectivity index (χ3v) is 4.98. The van der Waals surface area contributed by atoms with Crippen LogP contribution in [-0.4, -0.2) is 19.7 Å². The molecule has 0 atom stereocenters. The Kier molecular flexibility index (Phi) is 4.45. The quantitative estimate of drug-likeness (QED) is 0.586. The van der Waals surface area contributed by atoms with Gasteiger partial charge in [-0.3, -0.25) is 9.36 Å². The number of nitrogens with one attached hydrogen (secondary N) is 1. The van der Waals surface area contributed by atoms with Crippen molar-refractivity contribution < 1.29 is 0 Å². The minimum Gasteiger partial charge on any atom is -0.330 e. The van der Waals surface area contributed by atoms with Crippen LogP contribution in [0, 0.1) is 0 Å². The first-order chi connectivity index (χ1) is 12.7. The molecule has 0 spiro atoms. The summed E-state index contributed by atoms with van der Waals surface area (Å²) < 4.78 is 1.67. The Morgan fingerprint density at radius 2 is 1.88 bits per heavy atom. The lowest BCUT2D eigenvalue weighted by molar-refractivity contribution is 0.769. The fourth-order valence-electron chi connectivity index (χ4n) is 2.85. The first-order valence-corrected chi connectivity index (χ1v) is 9.18. The second kappa shape index (κ2) is 7.05. The molecule has 0 aliphatic rings. The molecule has 2 aromatic heterocycles. The maximum Gasteiger partial charge on any atom is 0.269 e. The van der Waals surface area contributed by atoms with E-state index >= 15 is 0 Å². The van der Waals surface area contributed by atoms with E-state index in [0.29, 0.717) is 11.7 Å². The van der Waals surface area contributed by atoms with Gasteiger partial charge in [0.05, 0.1) is 23.8 Å². The second-order valence-corrected chi connectivity index (χ2v) is 6.87. The molecule has 0 aliphatic carbocycles. The van der Waals surface area contributed by atoms with Crippen LogP contribution in [0.1, 0.15) is 17.5 Å². The number of fused-ring (bicyclic) bond motifs is 1. The van der Waals surface area contributed by atoms with Crippen molar-refractivity contribution in [1.82, 2.24) is 19.7 Å². The second-order valence-electron chi connectivity index (χ2n) is 5.81. The summed E-state index contributed by atoms with van der Waals surface area (Å²) in [5.41, 5.74) is 3.68. The average Bonchev–Trinajstić information content (AvgIpc) is 3.11. The van der Waals surface area contributed by atoms with E-state index in [9.17, 15) is 4.79 Å². The summed E-state index contributed by atoms with van der Waals surface area (Å²) in [6.07, 6.45) is 2.28. The molecule has 7 heteroatoms. The van der Waals surface area contributed by atoms with Gasteiger partial charge in [0.2, 0.25) is 5.13 Å². The third kappa shape index (κ3) is 3.21. The summed E-state index contributed by atoms with van der Waals surface area (Å²) in [5, 5.41) is 13.3. The van der Waals surface area contributed by atoms with E-state index in [0.717, 1.165) is 28.1 Å². The molecule has 26 heavy (non-hydrogen) atoms. The maximum absolute atomic E-state index is 12.3. The molecule has 0 unspecified atom stereocenters. The molecule has 0 aliphatic heterocycles. The molecule has 0 amide bonds. The van der Waals surface area contributed by atoms with E-state index in [4.69, 9.17) is 0 Å². The van der Waals surface area contributed by atoms with Crippen molar-refractivity contribution in [1.29, 1.82) is 0 Å². The molecule has 130 valence electrons. The van der Waals surface area contributed by atoms with Gasteiger partial charge in [-0.15, -0.1) is 10.2 Å².